The van der Waals surface area contributed by atoms with Crippen molar-refractivity contribution in [2.75, 3.05) is 0 Å². The standard InChI is InChI=1S/C21H16BrCl3N4O/c1-21(2,3)20-27-26-19(30-20)17-16(22)18(11-4-6-12(23)7-5-11)29(28-17)15-9-8-13(24)10-14(15)25/h4-10H,1-3H3. The van der Waals surface area contributed by atoms with Crippen LogP contribution in [0.2, 0.25) is 15.1 Å². The van der Waals surface area contributed by atoms with Crippen molar-refractivity contribution in [3.05, 3.63) is 67.9 Å². The Morgan fingerprint density at radius 2 is 1.60 bits per heavy atom. The third-order valence-electron chi connectivity index (χ3n) is 4.35. The van der Waals surface area contributed by atoms with Crippen LogP contribution in [0.5, 0.6) is 0 Å². The van der Waals surface area contributed by atoms with E-state index in [4.69, 9.17) is 44.3 Å². The molecule has 0 aliphatic carbocycles. The van der Waals surface area contributed by atoms with Crippen molar-refractivity contribution in [1.29, 1.82) is 0 Å². The molecule has 0 N–H and O–H groups in total. The molecule has 0 amide bonds. The van der Waals surface area contributed by atoms with Crippen molar-refractivity contribution in [3.63, 3.8) is 0 Å². The molecule has 30 heavy (non-hydrogen) atoms. The molecule has 0 atom stereocenters. The number of aromatic nitrogens is 4. The van der Waals surface area contributed by atoms with Crippen LogP contribution in [0.15, 0.2) is 51.4 Å². The Morgan fingerprint density at radius 1 is 0.933 bits per heavy atom. The van der Waals surface area contributed by atoms with Crippen molar-refractivity contribution in [2.24, 2.45) is 0 Å². The number of halogens is 4. The number of hydrogen-bond donors (Lipinski definition) is 0. The molecule has 2 aromatic heterocycles. The van der Waals surface area contributed by atoms with Crippen LogP contribution in [0.4, 0.5) is 0 Å². The fraction of sp³-hybridized carbons (Fsp3) is 0.190. The first-order chi connectivity index (χ1) is 14.1. The molecule has 2 aromatic carbocycles. The summed E-state index contributed by atoms with van der Waals surface area (Å²) in [6.07, 6.45) is 0. The van der Waals surface area contributed by atoms with Gasteiger partial charge in [-0.2, -0.15) is 5.10 Å². The molecule has 9 heteroatoms. The van der Waals surface area contributed by atoms with Gasteiger partial charge < -0.3 is 4.42 Å². The number of benzene rings is 2. The van der Waals surface area contributed by atoms with Gasteiger partial charge in [0.05, 0.1) is 20.9 Å². The molecule has 0 spiro atoms. The lowest BCUT2D eigenvalue weighted by Crippen LogP contribution is -2.11. The van der Waals surface area contributed by atoms with Crippen molar-refractivity contribution < 1.29 is 4.42 Å². The minimum absolute atomic E-state index is 0.279. The van der Waals surface area contributed by atoms with E-state index >= 15 is 0 Å². The highest BCUT2D eigenvalue weighted by Gasteiger charge is 2.27. The Balaban J connectivity index is 1.95. The molecule has 0 saturated heterocycles. The molecule has 154 valence electrons. The number of hydrogen-bond acceptors (Lipinski definition) is 4. The second-order valence-corrected chi connectivity index (χ2v) is 9.76. The second-order valence-electron chi connectivity index (χ2n) is 7.69. The van der Waals surface area contributed by atoms with E-state index in [9.17, 15) is 0 Å². The van der Waals surface area contributed by atoms with E-state index in [1.165, 1.54) is 0 Å². The van der Waals surface area contributed by atoms with Crippen molar-refractivity contribution in [2.45, 2.75) is 26.2 Å². The van der Waals surface area contributed by atoms with Crippen LogP contribution >= 0.6 is 50.7 Å². The molecule has 0 bridgehead atoms. The van der Waals surface area contributed by atoms with E-state index in [-0.39, 0.29) is 5.41 Å². The molecular weight excluding hydrogens is 511 g/mol. The maximum atomic E-state index is 6.49. The van der Waals surface area contributed by atoms with Gasteiger partial charge in [-0.25, -0.2) is 4.68 Å². The molecule has 0 aliphatic heterocycles. The lowest BCUT2D eigenvalue weighted by molar-refractivity contribution is 0.398. The minimum Gasteiger partial charge on any atom is -0.419 e. The van der Waals surface area contributed by atoms with Gasteiger partial charge in [-0.3, -0.25) is 0 Å². The Labute approximate surface area is 197 Å². The minimum atomic E-state index is -0.279. The quantitative estimate of drug-likeness (QED) is 0.276. The van der Waals surface area contributed by atoms with E-state index in [0.717, 1.165) is 11.3 Å². The molecule has 0 saturated carbocycles. The first-order valence-corrected chi connectivity index (χ1v) is 10.9. The fourth-order valence-electron chi connectivity index (χ4n) is 2.84. The zero-order valence-electron chi connectivity index (χ0n) is 16.3. The molecule has 0 radical (unpaired) electrons. The van der Waals surface area contributed by atoms with Gasteiger partial charge in [-0.15, -0.1) is 10.2 Å². The summed E-state index contributed by atoms with van der Waals surface area (Å²) in [5.41, 5.74) is 2.54. The fourth-order valence-corrected chi connectivity index (χ4v) is 4.10. The smallest absolute Gasteiger partial charge is 0.269 e. The van der Waals surface area contributed by atoms with Crippen molar-refractivity contribution in [3.8, 4) is 28.5 Å². The van der Waals surface area contributed by atoms with Crippen molar-refractivity contribution in [1.82, 2.24) is 20.0 Å². The first-order valence-electron chi connectivity index (χ1n) is 8.99. The average molecular weight is 527 g/mol. The summed E-state index contributed by atoms with van der Waals surface area (Å²) in [6.45, 7) is 6.01. The lowest BCUT2D eigenvalue weighted by atomic mass is 9.97. The summed E-state index contributed by atoms with van der Waals surface area (Å²) in [4.78, 5) is 0. The topological polar surface area (TPSA) is 56.7 Å². The molecule has 0 aliphatic rings. The van der Waals surface area contributed by atoms with Crippen molar-refractivity contribution >= 4 is 50.7 Å². The van der Waals surface area contributed by atoms with Gasteiger partial charge in [0.2, 0.25) is 5.89 Å². The molecule has 4 rings (SSSR count). The monoisotopic (exact) mass is 524 g/mol. The van der Waals surface area contributed by atoms with Gasteiger partial charge in [0.1, 0.15) is 0 Å². The third kappa shape index (κ3) is 4.02. The zero-order chi connectivity index (χ0) is 21.6. The summed E-state index contributed by atoms with van der Waals surface area (Å²) < 4.78 is 8.34. The lowest BCUT2D eigenvalue weighted by Gasteiger charge is -2.10. The van der Waals surface area contributed by atoms with Gasteiger partial charge in [-0.05, 0) is 46.3 Å². The van der Waals surface area contributed by atoms with Crippen LogP contribution in [0, 0.1) is 0 Å². The first kappa shape index (κ1) is 21.4. The number of rotatable bonds is 3. The van der Waals surface area contributed by atoms with Crippen LogP contribution in [0.25, 0.3) is 28.5 Å². The van der Waals surface area contributed by atoms with Gasteiger partial charge in [0.15, 0.2) is 5.69 Å². The summed E-state index contributed by atoms with van der Waals surface area (Å²) in [7, 11) is 0. The van der Waals surface area contributed by atoms with Crippen LogP contribution in [-0.2, 0) is 5.41 Å². The molecule has 2 heterocycles. The predicted molar refractivity (Wildman–Crippen MR) is 124 cm³/mol. The molecule has 4 aromatic rings. The number of nitrogens with zero attached hydrogens (tertiary/aromatic N) is 4. The molecular formula is C21H16BrCl3N4O. The summed E-state index contributed by atoms with van der Waals surface area (Å²) in [5, 5.41) is 14.8. The predicted octanol–water partition coefficient (Wildman–Crippen LogP) is 7.61. The van der Waals surface area contributed by atoms with Crippen LogP contribution in [-0.4, -0.2) is 20.0 Å². The van der Waals surface area contributed by atoms with Crippen LogP contribution in [0.1, 0.15) is 26.7 Å². The highest BCUT2D eigenvalue weighted by atomic mass is 79.9. The van der Waals surface area contributed by atoms with E-state index in [0.29, 0.717) is 42.7 Å². The van der Waals surface area contributed by atoms with E-state index in [2.05, 4.69) is 26.1 Å². The molecule has 0 fully saturated rings. The van der Waals surface area contributed by atoms with Gasteiger partial charge in [0.25, 0.3) is 5.89 Å². The maximum Gasteiger partial charge on any atom is 0.269 e. The Kier molecular flexibility index (Phi) is 5.70. The third-order valence-corrected chi connectivity index (χ3v) is 5.89. The van der Waals surface area contributed by atoms with E-state index in [1.54, 1.807) is 16.8 Å². The molecule has 0 unspecified atom stereocenters. The molecule has 5 nitrogen and oxygen atoms in total. The Bertz CT molecular complexity index is 1230. The maximum absolute atomic E-state index is 6.49. The Morgan fingerprint density at radius 3 is 2.20 bits per heavy atom. The summed E-state index contributed by atoms with van der Waals surface area (Å²) in [5.74, 6) is 0.836. The van der Waals surface area contributed by atoms with Gasteiger partial charge in [-0.1, -0.05) is 67.7 Å². The highest BCUT2D eigenvalue weighted by Crippen LogP contribution is 2.40. The summed E-state index contributed by atoms with van der Waals surface area (Å²) in [6, 6.07) is 12.7. The highest BCUT2D eigenvalue weighted by molar-refractivity contribution is 9.10. The van der Waals surface area contributed by atoms with Gasteiger partial charge in [0, 0.05) is 21.0 Å². The normalized spacial score (nSPS) is 11.8. The summed E-state index contributed by atoms with van der Waals surface area (Å²) >= 11 is 22.3. The van der Waals surface area contributed by atoms with E-state index in [1.807, 2.05) is 51.1 Å². The van der Waals surface area contributed by atoms with Crippen LogP contribution < -0.4 is 0 Å². The average Bonchev–Trinajstić information content (AvgIpc) is 3.28. The largest absolute Gasteiger partial charge is 0.419 e. The SMILES string of the molecule is CC(C)(C)c1nnc(-c2nn(-c3ccc(Cl)cc3Cl)c(-c3ccc(Cl)cc3)c2Br)o1. The Hall–Kier alpha value is -1.86. The van der Waals surface area contributed by atoms with Crippen LogP contribution in [0.3, 0.4) is 0 Å². The van der Waals surface area contributed by atoms with Gasteiger partial charge >= 0.3 is 0 Å². The zero-order valence-corrected chi connectivity index (χ0v) is 20.1. The van der Waals surface area contributed by atoms with E-state index < -0.39 is 0 Å². The second kappa shape index (κ2) is 8.00.